The van der Waals surface area contributed by atoms with Crippen molar-refractivity contribution in [3.8, 4) is 0 Å². The van der Waals surface area contributed by atoms with E-state index in [1.807, 2.05) is 45.0 Å². The van der Waals surface area contributed by atoms with Gasteiger partial charge in [-0.05, 0) is 38.0 Å². The summed E-state index contributed by atoms with van der Waals surface area (Å²) in [7, 11) is 0. The number of nitrogens with one attached hydrogen (secondary N) is 2. The molecule has 150 valence electrons. The van der Waals surface area contributed by atoms with Gasteiger partial charge in [0.05, 0.1) is 6.54 Å². The molecule has 0 aromatic heterocycles. The van der Waals surface area contributed by atoms with Crippen molar-refractivity contribution in [3.63, 3.8) is 0 Å². The van der Waals surface area contributed by atoms with E-state index in [1.54, 1.807) is 12.1 Å². The Labute approximate surface area is 170 Å². The van der Waals surface area contributed by atoms with Gasteiger partial charge in [0.2, 0.25) is 11.8 Å². The van der Waals surface area contributed by atoms with E-state index in [4.69, 9.17) is 0 Å². The number of benzene rings is 2. The molecule has 0 radical (unpaired) electrons. The lowest BCUT2D eigenvalue weighted by Crippen LogP contribution is -2.35. The Morgan fingerprint density at radius 1 is 1.00 bits per heavy atom. The van der Waals surface area contributed by atoms with Crippen LogP contribution in [0.5, 0.6) is 0 Å². The minimum Gasteiger partial charge on any atom is -0.347 e. The Hall–Kier alpha value is -3.41. The lowest BCUT2D eigenvalue weighted by molar-refractivity contribution is -0.124. The van der Waals surface area contributed by atoms with Crippen LogP contribution in [-0.2, 0) is 9.59 Å². The van der Waals surface area contributed by atoms with Crippen molar-refractivity contribution in [2.75, 3.05) is 18.4 Å². The maximum absolute atomic E-state index is 12.4. The first-order chi connectivity index (χ1) is 13.8. The van der Waals surface area contributed by atoms with Gasteiger partial charge in [-0.3, -0.25) is 14.4 Å². The van der Waals surface area contributed by atoms with Crippen LogP contribution in [0.1, 0.15) is 39.0 Å². The fraction of sp³-hybridized carbons (Fsp3) is 0.261. The molecule has 29 heavy (non-hydrogen) atoms. The van der Waals surface area contributed by atoms with E-state index < -0.39 is 0 Å². The summed E-state index contributed by atoms with van der Waals surface area (Å²) >= 11 is 0. The van der Waals surface area contributed by atoms with Crippen LogP contribution < -0.4 is 10.6 Å². The van der Waals surface area contributed by atoms with Gasteiger partial charge < -0.3 is 15.5 Å². The molecule has 1 aliphatic heterocycles. The van der Waals surface area contributed by atoms with E-state index in [0.29, 0.717) is 11.3 Å². The molecular weight excluding hydrogens is 366 g/mol. The number of aryl methyl sites for hydroxylation is 3. The highest BCUT2D eigenvalue weighted by Crippen LogP contribution is 2.31. The normalized spacial score (nSPS) is 12.7. The monoisotopic (exact) mass is 391 g/mol. The predicted octanol–water partition coefficient (Wildman–Crippen LogP) is 3.18. The van der Waals surface area contributed by atoms with Crippen molar-refractivity contribution < 1.29 is 14.4 Å². The van der Waals surface area contributed by atoms with Gasteiger partial charge in [-0.2, -0.15) is 0 Å². The molecule has 0 saturated heterocycles. The Kier molecular flexibility index (Phi) is 5.82. The van der Waals surface area contributed by atoms with E-state index in [9.17, 15) is 14.4 Å². The summed E-state index contributed by atoms with van der Waals surface area (Å²) in [5, 5.41) is 5.46. The van der Waals surface area contributed by atoms with E-state index in [-0.39, 0.29) is 37.2 Å². The van der Waals surface area contributed by atoms with E-state index in [1.165, 1.54) is 4.90 Å². The molecule has 2 N–H and O–H groups in total. The van der Waals surface area contributed by atoms with Gasteiger partial charge in [-0.25, -0.2) is 0 Å². The van der Waals surface area contributed by atoms with E-state index in [0.717, 1.165) is 27.9 Å². The van der Waals surface area contributed by atoms with Gasteiger partial charge in [-0.15, -0.1) is 0 Å². The third-order valence-electron chi connectivity index (χ3n) is 4.99. The van der Waals surface area contributed by atoms with E-state index in [2.05, 4.69) is 17.2 Å². The SMILES string of the molecule is C=C1c2ccccc2C(=O)N1CCC(=O)NCC(=O)Nc1c(C)cc(C)cc1C. The van der Waals surface area contributed by atoms with Crippen LogP contribution in [0.2, 0.25) is 0 Å². The quantitative estimate of drug-likeness (QED) is 0.794. The third-order valence-corrected chi connectivity index (χ3v) is 4.99. The summed E-state index contributed by atoms with van der Waals surface area (Å²) in [6.07, 6.45) is 0.0919. The molecule has 3 rings (SSSR count). The second kappa shape index (κ2) is 8.31. The molecule has 6 heteroatoms. The number of amides is 3. The topological polar surface area (TPSA) is 78.5 Å². The summed E-state index contributed by atoms with van der Waals surface area (Å²) < 4.78 is 0. The molecule has 3 amide bonds. The van der Waals surface area contributed by atoms with Gasteiger partial charge in [0.25, 0.3) is 5.91 Å². The lowest BCUT2D eigenvalue weighted by atomic mass is 10.1. The molecule has 0 spiro atoms. The maximum Gasteiger partial charge on any atom is 0.258 e. The Bertz CT molecular complexity index is 952. The zero-order valence-electron chi connectivity index (χ0n) is 17.0. The fourth-order valence-corrected chi connectivity index (χ4v) is 3.61. The second-order valence-electron chi connectivity index (χ2n) is 7.30. The fourth-order valence-electron chi connectivity index (χ4n) is 3.61. The first kappa shape index (κ1) is 20.3. The van der Waals surface area contributed by atoms with Crippen molar-refractivity contribution in [1.29, 1.82) is 0 Å². The predicted molar refractivity (Wildman–Crippen MR) is 113 cm³/mol. The van der Waals surface area contributed by atoms with Gasteiger partial charge >= 0.3 is 0 Å². The summed E-state index contributed by atoms with van der Waals surface area (Å²) in [4.78, 5) is 38.3. The molecule has 6 nitrogen and oxygen atoms in total. The molecule has 1 heterocycles. The van der Waals surface area contributed by atoms with Crippen LogP contribution in [-0.4, -0.2) is 35.7 Å². The second-order valence-corrected chi connectivity index (χ2v) is 7.30. The number of carbonyl (C=O) groups is 3. The molecule has 1 aliphatic rings. The van der Waals surface area contributed by atoms with Crippen molar-refractivity contribution in [2.45, 2.75) is 27.2 Å². The molecular formula is C23H25N3O3. The molecule has 0 atom stereocenters. The van der Waals surface area contributed by atoms with Crippen LogP contribution in [0.25, 0.3) is 5.70 Å². The maximum atomic E-state index is 12.4. The van der Waals surface area contributed by atoms with Crippen LogP contribution in [0, 0.1) is 20.8 Å². The van der Waals surface area contributed by atoms with E-state index >= 15 is 0 Å². The molecule has 2 aromatic rings. The number of rotatable bonds is 6. The van der Waals surface area contributed by atoms with Crippen molar-refractivity contribution >= 4 is 29.1 Å². The highest BCUT2D eigenvalue weighted by atomic mass is 16.2. The van der Waals surface area contributed by atoms with Crippen molar-refractivity contribution in [1.82, 2.24) is 10.2 Å². The lowest BCUT2D eigenvalue weighted by Gasteiger charge is -2.17. The largest absolute Gasteiger partial charge is 0.347 e. The third kappa shape index (κ3) is 4.37. The van der Waals surface area contributed by atoms with Crippen molar-refractivity contribution in [2.24, 2.45) is 0 Å². The molecule has 0 fully saturated rings. The molecule has 2 aromatic carbocycles. The number of nitrogens with zero attached hydrogens (tertiary/aromatic N) is 1. The number of anilines is 1. The standard InChI is InChI=1S/C23H25N3O3/c1-14-11-15(2)22(16(3)12-14)25-21(28)13-24-20(27)9-10-26-17(4)18-7-5-6-8-19(18)23(26)29/h5-8,11-12H,4,9-10,13H2,1-3H3,(H,24,27)(H,25,28). The molecule has 0 aliphatic carbocycles. The van der Waals surface area contributed by atoms with Gasteiger partial charge in [0.15, 0.2) is 0 Å². The number of hydrogen-bond acceptors (Lipinski definition) is 3. The highest BCUT2D eigenvalue weighted by molar-refractivity contribution is 6.09. The first-order valence-corrected chi connectivity index (χ1v) is 9.52. The number of hydrogen-bond donors (Lipinski definition) is 2. The zero-order chi connectivity index (χ0) is 21.1. The summed E-state index contributed by atoms with van der Waals surface area (Å²) in [6, 6.07) is 11.2. The molecule has 0 unspecified atom stereocenters. The minimum atomic E-state index is -0.297. The Morgan fingerprint density at radius 3 is 2.24 bits per heavy atom. The van der Waals surface area contributed by atoms with Crippen LogP contribution in [0.15, 0.2) is 43.0 Å². The summed E-state index contributed by atoms with van der Waals surface area (Å²) in [5.41, 5.74) is 5.85. The smallest absolute Gasteiger partial charge is 0.258 e. The highest BCUT2D eigenvalue weighted by Gasteiger charge is 2.30. The van der Waals surface area contributed by atoms with Crippen LogP contribution >= 0.6 is 0 Å². The number of carbonyl (C=O) groups excluding carboxylic acids is 3. The molecule has 0 bridgehead atoms. The Morgan fingerprint density at radius 2 is 1.62 bits per heavy atom. The van der Waals surface area contributed by atoms with Gasteiger partial charge in [-0.1, -0.05) is 42.5 Å². The van der Waals surface area contributed by atoms with Crippen LogP contribution in [0.3, 0.4) is 0 Å². The average Bonchev–Trinajstić information content (AvgIpc) is 2.92. The molecule has 0 saturated carbocycles. The number of fused-ring (bicyclic) bond motifs is 1. The van der Waals surface area contributed by atoms with Crippen molar-refractivity contribution in [3.05, 3.63) is 70.8 Å². The zero-order valence-corrected chi connectivity index (χ0v) is 17.0. The summed E-state index contributed by atoms with van der Waals surface area (Å²) in [6.45, 7) is 9.93. The first-order valence-electron chi connectivity index (χ1n) is 9.52. The van der Waals surface area contributed by atoms with Gasteiger partial charge in [0.1, 0.15) is 0 Å². The van der Waals surface area contributed by atoms with Crippen LogP contribution in [0.4, 0.5) is 5.69 Å². The van der Waals surface area contributed by atoms with Gasteiger partial charge in [0, 0.05) is 35.5 Å². The minimum absolute atomic E-state index is 0.0919. The Balaban J connectivity index is 1.49. The summed E-state index contributed by atoms with van der Waals surface area (Å²) in [5.74, 6) is -0.738. The average molecular weight is 391 g/mol.